The van der Waals surface area contributed by atoms with Crippen LogP contribution in [0.5, 0.6) is 0 Å². The Morgan fingerprint density at radius 2 is 1.50 bits per heavy atom. The van der Waals surface area contributed by atoms with Crippen LogP contribution in [0.2, 0.25) is 0 Å². The molecule has 0 aliphatic rings. The van der Waals surface area contributed by atoms with Gasteiger partial charge in [-0.3, -0.25) is 0 Å². The number of carboxylic acid groups (broad SMARTS) is 2. The van der Waals surface area contributed by atoms with E-state index < -0.39 is 11.9 Å². The number of rotatable bonds is 1. The van der Waals surface area contributed by atoms with Crippen LogP contribution in [0.3, 0.4) is 0 Å². The Balaban J connectivity index is -0.0000000910. The summed E-state index contributed by atoms with van der Waals surface area (Å²) >= 11 is 0. The Bertz CT molecular complexity index is 117. The maximum absolute atomic E-state index is 9.14. The molecule has 0 saturated carbocycles. The third-order valence-electron chi connectivity index (χ3n) is 0.167. The molecule has 10 heavy (non-hydrogen) atoms. The van der Waals surface area contributed by atoms with Crippen LogP contribution in [0.4, 0.5) is 0 Å². The third-order valence-corrected chi connectivity index (χ3v) is 0.167. The molecule has 5 heteroatoms. The van der Waals surface area contributed by atoms with Crippen molar-refractivity contribution in [1.82, 2.24) is 0 Å². The van der Waals surface area contributed by atoms with E-state index >= 15 is 0 Å². The molecule has 52 valence electrons. The summed E-state index contributed by atoms with van der Waals surface area (Å²) in [6, 6.07) is 0. The molecule has 0 heterocycles. The van der Waals surface area contributed by atoms with Crippen molar-refractivity contribution in [2.75, 3.05) is 0 Å². The minimum atomic E-state index is -1.23. The van der Waals surface area contributed by atoms with Crippen LogP contribution in [0.1, 0.15) is 6.92 Å². The first kappa shape index (κ1) is 16.1. The fourth-order valence-electron chi connectivity index (χ4n) is 0. The molecule has 0 unspecified atom stereocenters. The van der Waals surface area contributed by atoms with E-state index in [0.29, 0.717) is 0 Å². The van der Waals surface area contributed by atoms with E-state index in [2.05, 4.69) is 6.58 Å². The average molecular weight is 195 g/mol. The van der Waals surface area contributed by atoms with Crippen molar-refractivity contribution in [2.24, 2.45) is 0 Å². The molecule has 0 aromatic rings. The molecule has 0 radical (unpaired) electrons. The molecule has 0 aromatic heterocycles. The van der Waals surface area contributed by atoms with E-state index in [-0.39, 0.29) is 19.5 Å². The number of carbonyl (C=O) groups excluding carboxylic acids is 2. The Morgan fingerprint density at radius 3 is 1.50 bits per heavy atom. The number of carboxylic acids is 2. The zero-order valence-corrected chi connectivity index (χ0v) is 8.59. The van der Waals surface area contributed by atoms with E-state index in [9.17, 15) is 0 Å². The maximum atomic E-state index is 9.14. The van der Waals surface area contributed by atoms with Gasteiger partial charge in [0.25, 0.3) is 0 Å². The Kier molecular flexibility index (Phi) is 18.0. The maximum Gasteiger partial charge on any atom is 2.00 e. The molecule has 0 spiro atoms. The van der Waals surface area contributed by atoms with Crippen molar-refractivity contribution >= 4 is 11.9 Å². The number of hydrogen-bond acceptors (Lipinski definition) is 4. The minimum absolute atomic E-state index is 0. The molecule has 0 saturated heterocycles. The van der Waals surface area contributed by atoms with Gasteiger partial charge in [0.15, 0.2) is 0 Å². The van der Waals surface area contributed by atoms with Crippen molar-refractivity contribution in [3.63, 3.8) is 0 Å². The van der Waals surface area contributed by atoms with E-state index in [1.54, 1.807) is 0 Å². The van der Waals surface area contributed by atoms with Gasteiger partial charge in [-0.1, -0.05) is 6.58 Å². The summed E-state index contributed by atoms with van der Waals surface area (Å²) in [4.78, 5) is 18.0. The molecule has 0 atom stereocenters. The first-order valence-corrected chi connectivity index (χ1v) is 2.01. The van der Waals surface area contributed by atoms with Crippen molar-refractivity contribution in [2.45, 2.75) is 6.92 Å². The summed E-state index contributed by atoms with van der Waals surface area (Å²) in [6.07, 6.45) is 0.722. The summed E-state index contributed by atoms with van der Waals surface area (Å²) in [7, 11) is 0. The summed E-state index contributed by atoms with van der Waals surface area (Å²) < 4.78 is 0. The van der Waals surface area contributed by atoms with Crippen LogP contribution >= 0.6 is 0 Å². The first-order valence-electron chi connectivity index (χ1n) is 2.01. The topological polar surface area (TPSA) is 80.3 Å². The largest absolute Gasteiger partial charge is 2.00 e. The summed E-state index contributed by atoms with van der Waals surface area (Å²) in [5, 5.41) is 18.0. The molecule has 0 rings (SSSR count). The predicted octanol–water partition coefficient (Wildman–Crippen LogP) is -2.32. The number of hydrogen-bond donors (Lipinski definition) is 0. The monoisotopic (exact) mass is 194 g/mol. The van der Waals surface area contributed by atoms with Gasteiger partial charge < -0.3 is 19.8 Å². The van der Waals surface area contributed by atoms with Crippen LogP contribution in [0, 0.1) is 0 Å². The Morgan fingerprint density at radius 1 is 1.40 bits per heavy atom. The fraction of sp³-hybridized carbons (Fsp3) is 0.200. The average Bonchev–Trinajstić information content (AvgIpc) is 1.65. The molecule has 0 aliphatic heterocycles. The standard InChI is InChI=1S/C3H4O2.C2H4O2.Zn/c1-2-3(4)5;1-2(3)4;/h2H,1H2,(H,4,5);1H3,(H,3,4);/q;;+2/p-2. The number of aliphatic carboxylic acids is 2. The molecular formula is C5H6O4Zn. The summed E-state index contributed by atoms with van der Waals surface area (Å²) in [5.74, 6) is -2.31. The van der Waals surface area contributed by atoms with Crippen LogP contribution in [0.15, 0.2) is 12.7 Å². The van der Waals surface area contributed by atoms with Crippen molar-refractivity contribution in [3.05, 3.63) is 12.7 Å². The second-order valence-electron chi connectivity index (χ2n) is 1.01. The van der Waals surface area contributed by atoms with Gasteiger partial charge in [-0.05, 0) is 13.0 Å². The second kappa shape index (κ2) is 11.1. The van der Waals surface area contributed by atoms with Gasteiger partial charge in [0.2, 0.25) is 0 Å². The molecule has 4 nitrogen and oxygen atoms in total. The van der Waals surface area contributed by atoms with Crippen LogP contribution in [-0.4, -0.2) is 11.9 Å². The first-order chi connectivity index (χ1) is 4.00. The minimum Gasteiger partial charge on any atom is -0.550 e. The Hall–Kier alpha value is -0.697. The van der Waals surface area contributed by atoms with Crippen molar-refractivity contribution in [1.29, 1.82) is 0 Å². The number of carbonyl (C=O) groups is 2. The van der Waals surface area contributed by atoms with Gasteiger partial charge in [0, 0.05) is 5.97 Å². The quantitative estimate of drug-likeness (QED) is 0.347. The molecule has 0 fully saturated rings. The van der Waals surface area contributed by atoms with Crippen molar-refractivity contribution in [3.8, 4) is 0 Å². The Labute approximate surface area is 71.3 Å². The third kappa shape index (κ3) is 171. The zero-order chi connectivity index (χ0) is 7.86. The van der Waals surface area contributed by atoms with Gasteiger partial charge >= 0.3 is 19.5 Å². The van der Waals surface area contributed by atoms with Gasteiger partial charge in [-0.15, -0.1) is 0 Å². The summed E-state index contributed by atoms with van der Waals surface area (Å²) in [5.41, 5.74) is 0. The molecule has 0 aromatic carbocycles. The SMILES string of the molecule is C=CC(=O)[O-].CC(=O)[O-].[Zn+2]. The smallest absolute Gasteiger partial charge is 0.550 e. The van der Waals surface area contributed by atoms with Crippen LogP contribution in [-0.2, 0) is 29.1 Å². The molecular weight excluding hydrogens is 189 g/mol. The van der Waals surface area contributed by atoms with Gasteiger partial charge in [-0.2, -0.15) is 0 Å². The van der Waals surface area contributed by atoms with Crippen LogP contribution < -0.4 is 10.2 Å². The van der Waals surface area contributed by atoms with E-state index in [1.807, 2.05) is 0 Å². The van der Waals surface area contributed by atoms with E-state index in [1.165, 1.54) is 0 Å². The molecule has 0 N–H and O–H groups in total. The zero-order valence-electron chi connectivity index (χ0n) is 5.62. The van der Waals surface area contributed by atoms with Gasteiger partial charge in [0.1, 0.15) is 0 Å². The predicted molar refractivity (Wildman–Crippen MR) is 25.9 cm³/mol. The van der Waals surface area contributed by atoms with E-state index in [4.69, 9.17) is 19.8 Å². The normalized spacial score (nSPS) is 5.70. The van der Waals surface area contributed by atoms with Gasteiger partial charge in [0.05, 0.1) is 5.97 Å². The summed E-state index contributed by atoms with van der Waals surface area (Å²) in [6.45, 7) is 3.87. The fourth-order valence-corrected chi connectivity index (χ4v) is 0. The van der Waals surface area contributed by atoms with Crippen molar-refractivity contribution < 1.29 is 39.3 Å². The second-order valence-corrected chi connectivity index (χ2v) is 1.01. The van der Waals surface area contributed by atoms with Crippen LogP contribution in [0.25, 0.3) is 0 Å². The van der Waals surface area contributed by atoms with Gasteiger partial charge in [-0.25, -0.2) is 0 Å². The molecule has 0 bridgehead atoms. The van der Waals surface area contributed by atoms with E-state index in [0.717, 1.165) is 13.0 Å². The molecule has 0 amide bonds. The molecule has 0 aliphatic carbocycles.